The van der Waals surface area contributed by atoms with Crippen molar-refractivity contribution in [2.45, 2.75) is 6.04 Å². The Morgan fingerprint density at radius 2 is 1.76 bits per heavy atom. The van der Waals surface area contributed by atoms with E-state index in [-0.39, 0.29) is 12.4 Å². The number of nitrogens with one attached hydrogen (secondary N) is 2. The fraction of sp³-hybridized carbons (Fsp3) is 0.154. The van der Waals surface area contributed by atoms with E-state index in [4.69, 9.17) is 10.8 Å². The molecule has 107 valence electrons. The Labute approximate surface area is 119 Å². The predicted molar refractivity (Wildman–Crippen MR) is 72.8 cm³/mol. The van der Waals surface area contributed by atoms with Gasteiger partial charge in [-0.1, -0.05) is 30.3 Å². The molecule has 2 amide bonds. The summed E-state index contributed by atoms with van der Waals surface area (Å²) in [7, 11) is 0. The van der Waals surface area contributed by atoms with Gasteiger partial charge in [-0.2, -0.15) is 0 Å². The summed E-state index contributed by atoms with van der Waals surface area (Å²) in [5.74, 6) is -3.22. The number of carbonyl (C=O) groups excluding carboxylic acids is 2. The van der Waals surface area contributed by atoms with Crippen LogP contribution in [0, 0.1) is 0 Å². The van der Waals surface area contributed by atoms with Crippen molar-refractivity contribution in [3.63, 3.8) is 0 Å². The standard InChI is InChI=1S/C13H11N4O4/c14-11(18)8(7-4-2-1-3-5-7)17-12(19)9-10(13(20)21)16-6-15-9/h1-5,8,14H,6H2,(H,17,19)(H,20,21)/t8-/m1/s1. The Bertz CT molecular complexity index is 651. The lowest BCUT2D eigenvalue weighted by molar-refractivity contribution is -0.129. The van der Waals surface area contributed by atoms with Crippen molar-refractivity contribution in [3.8, 4) is 0 Å². The normalized spacial score (nSPS) is 14.9. The fourth-order valence-electron chi connectivity index (χ4n) is 1.82. The van der Waals surface area contributed by atoms with Crippen LogP contribution in [0.1, 0.15) is 11.6 Å². The van der Waals surface area contributed by atoms with Gasteiger partial charge in [0, 0.05) is 0 Å². The Hall–Kier alpha value is -3.03. The summed E-state index contributed by atoms with van der Waals surface area (Å²) < 4.78 is 0. The number of aliphatic carboxylic acids is 1. The first kappa shape index (κ1) is 14.4. The molecule has 0 spiro atoms. The Balaban J connectivity index is 2.19. The number of nitrogens with zero attached hydrogens (tertiary/aromatic N) is 2. The molecule has 1 aliphatic heterocycles. The lowest BCUT2D eigenvalue weighted by atomic mass is 10.1. The van der Waals surface area contributed by atoms with E-state index in [0.29, 0.717) is 5.56 Å². The number of carbonyl (C=O) groups is 3. The molecule has 1 aromatic carbocycles. The van der Waals surface area contributed by atoms with E-state index in [9.17, 15) is 14.4 Å². The number of carboxylic acids is 1. The highest BCUT2D eigenvalue weighted by atomic mass is 16.4. The van der Waals surface area contributed by atoms with E-state index < -0.39 is 29.5 Å². The number of hydrogen-bond donors (Lipinski definition) is 2. The van der Waals surface area contributed by atoms with Gasteiger partial charge in [0.05, 0.1) is 0 Å². The minimum atomic E-state index is -1.37. The maximum Gasteiger partial charge on any atom is 0.356 e. The molecule has 1 aromatic rings. The van der Waals surface area contributed by atoms with E-state index in [1.807, 2.05) is 0 Å². The molecule has 0 saturated carbocycles. The zero-order chi connectivity index (χ0) is 15.4. The van der Waals surface area contributed by atoms with E-state index in [1.54, 1.807) is 30.3 Å². The summed E-state index contributed by atoms with van der Waals surface area (Å²) >= 11 is 0. The number of hydrogen-bond acceptors (Lipinski definition) is 5. The van der Waals surface area contributed by atoms with Gasteiger partial charge in [-0.3, -0.25) is 25.3 Å². The summed E-state index contributed by atoms with van der Waals surface area (Å²) in [6, 6.07) is 7.04. The van der Waals surface area contributed by atoms with Gasteiger partial charge in [0.25, 0.3) is 11.8 Å². The molecule has 1 radical (unpaired) electrons. The number of carboxylic acid groups (broad SMARTS) is 1. The summed E-state index contributed by atoms with van der Waals surface area (Å²) in [5, 5.41) is 11.2. The van der Waals surface area contributed by atoms with Crippen LogP contribution in [0.2, 0.25) is 0 Å². The molecule has 0 aromatic heterocycles. The number of amides is 2. The van der Waals surface area contributed by atoms with E-state index >= 15 is 0 Å². The monoisotopic (exact) mass is 287 g/mol. The van der Waals surface area contributed by atoms with Gasteiger partial charge in [-0.05, 0) is 5.56 Å². The highest BCUT2D eigenvalue weighted by Crippen LogP contribution is 2.13. The third-order valence-electron chi connectivity index (χ3n) is 2.77. The molecule has 1 aliphatic rings. The van der Waals surface area contributed by atoms with Gasteiger partial charge in [-0.25, -0.2) is 4.79 Å². The molecule has 1 atom stereocenters. The molecule has 0 fully saturated rings. The van der Waals surface area contributed by atoms with Crippen LogP contribution in [0.3, 0.4) is 0 Å². The van der Waals surface area contributed by atoms with Crippen molar-refractivity contribution in [3.05, 3.63) is 35.9 Å². The average molecular weight is 287 g/mol. The first-order valence-corrected chi connectivity index (χ1v) is 5.94. The van der Waals surface area contributed by atoms with Crippen molar-refractivity contribution in [1.29, 1.82) is 0 Å². The van der Waals surface area contributed by atoms with Crippen LogP contribution < -0.4 is 11.1 Å². The van der Waals surface area contributed by atoms with Gasteiger partial charge >= 0.3 is 5.97 Å². The minimum absolute atomic E-state index is 0.144. The molecule has 3 N–H and O–H groups in total. The summed E-state index contributed by atoms with van der Waals surface area (Å²) in [4.78, 5) is 41.6. The molecule has 0 aliphatic carbocycles. The topological polar surface area (TPSA) is 132 Å². The number of aliphatic imine (C=N–C) groups is 2. The summed E-state index contributed by atoms with van der Waals surface area (Å²) in [6.07, 6.45) is 0. The molecule has 8 heteroatoms. The quantitative estimate of drug-likeness (QED) is 0.761. The summed E-state index contributed by atoms with van der Waals surface area (Å²) in [5.41, 5.74) is 6.87. The van der Waals surface area contributed by atoms with Crippen LogP contribution in [0.25, 0.3) is 0 Å². The lowest BCUT2D eigenvalue weighted by Crippen LogP contribution is -2.42. The molecule has 1 heterocycles. The first-order valence-electron chi connectivity index (χ1n) is 5.94. The van der Waals surface area contributed by atoms with Crippen molar-refractivity contribution < 1.29 is 19.5 Å². The molecule has 21 heavy (non-hydrogen) atoms. The average Bonchev–Trinajstić information content (AvgIpc) is 2.94. The largest absolute Gasteiger partial charge is 0.476 e. The van der Waals surface area contributed by atoms with Crippen LogP contribution in [-0.4, -0.2) is 41.0 Å². The number of benzene rings is 1. The van der Waals surface area contributed by atoms with Gasteiger partial charge < -0.3 is 10.4 Å². The molecule has 0 unspecified atom stereocenters. The van der Waals surface area contributed by atoms with Crippen molar-refractivity contribution >= 4 is 29.2 Å². The van der Waals surface area contributed by atoms with Crippen LogP contribution in [0.4, 0.5) is 0 Å². The van der Waals surface area contributed by atoms with E-state index in [1.165, 1.54) is 0 Å². The zero-order valence-electron chi connectivity index (χ0n) is 10.7. The zero-order valence-corrected chi connectivity index (χ0v) is 10.7. The predicted octanol–water partition coefficient (Wildman–Crippen LogP) is -0.409. The maximum absolute atomic E-state index is 12.0. The molecule has 0 bridgehead atoms. The van der Waals surface area contributed by atoms with E-state index in [0.717, 1.165) is 0 Å². The molecule has 2 rings (SSSR count). The lowest BCUT2D eigenvalue weighted by Gasteiger charge is -2.15. The maximum atomic E-state index is 12.0. The van der Waals surface area contributed by atoms with Crippen LogP contribution >= 0.6 is 0 Å². The molecular formula is C13H11N4O4. The third-order valence-corrected chi connectivity index (χ3v) is 2.77. The van der Waals surface area contributed by atoms with Crippen LogP contribution in [0.15, 0.2) is 40.3 Å². The van der Waals surface area contributed by atoms with Crippen molar-refractivity contribution in [2.75, 3.05) is 6.67 Å². The second-order valence-electron chi connectivity index (χ2n) is 4.14. The SMILES string of the molecule is [NH]C(=O)[C@H](NC(=O)C1=NCN=C1C(=O)O)c1ccccc1. The van der Waals surface area contributed by atoms with Crippen LogP contribution in [0.5, 0.6) is 0 Å². The third kappa shape index (κ3) is 3.11. The molecule has 0 saturated heterocycles. The van der Waals surface area contributed by atoms with Crippen molar-refractivity contribution in [1.82, 2.24) is 11.1 Å². The highest BCUT2D eigenvalue weighted by molar-refractivity contribution is 6.80. The Morgan fingerprint density at radius 1 is 1.14 bits per heavy atom. The first-order chi connectivity index (χ1) is 10.0. The molecular weight excluding hydrogens is 276 g/mol. The smallest absolute Gasteiger partial charge is 0.356 e. The Morgan fingerprint density at radius 3 is 2.33 bits per heavy atom. The second kappa shape index (κ2) is 5.95. The van der Waals surface area contributed by atoms with Crippen LogP contribution in [-0.2, 0) is 14.4 Å². The summed E-state index contributed by atoms with van der Waals surface area (Å²) in [6.45, 7) is -0.144. The number of rotatable bonds is 5. The van der Waals surface area contributed by atoms with Gasteiger partial charge in [0.2, 0.25) is 0 Å². The minimum Gasteiger partial charge on any atom is -0.476 e. The highest BCUT2D eigenvalue weighted by Gasteiger charge is 2.30. The van der Waals surface area contributed by atoms with Gasteiger partial charge in [-0.15, -0.1) is 0 Å². The van der Waals surface area contributed by atoms with Gasteiger partial charge in [0.1, 0.15) is 12.7 Å². The Kier molecular flexibility index (Phi) is 4.07. The molecule has 8 nitrogen and oxygen atoms in total. The van der Waals surface area contributed by atoms with Gasteiger partial charge in [0.15, 0.2) is 11.4 Å². The van der Waals surface area contributed by atoms with E-state index in [2.05, 4.69) is 15.3 Å². The second-order valence-corrected chi connectivity index (χ2v) is 4.14. The van der Waals surface area contributed by atoms with Crippen molar-refractivity contribution in [2.24, 2.45) is 9.98 Å². The fourth-order valence-corrected chi connectivity index (χ4v) is 1.82.